The lowest BCUT2D eigenvalue weighted by Gasteiger charge is -2.29. The van der Waals surface area contributed by atoms with Crippen molar-refractivity contribution in [2.45, 2.75) is 19.8 Å². The Morgan fingerprint density at radius 3 is 3.09 bits per heavy atom. The number of rotatable bonds is 6. The number of hydrogen-bond donors (Lipinski definition) is 0. The molecule has 1 aromatic heterocycles. The topological polar surface area (TPSA) is 51.7 Å². The van der Waals surface area contributed by atoms with E-state index >= 15 is 0 Å². The Balaban J connectivity index is 1.90. The minimum Gasteiger partial charge on any atom is -0.482 e. The van der Waals surface area contributed by atoms with E-state index in [1.807, 2.05) is 23.6 Å². The highest BCUT2D eigenvalue weighted by Gasteiger charge is 2.25. The molecule has 0 saturated heterocycles. The summed E-state index contributed by atoms with van der Waals surface area (Å²) >= 11 is 1.63. The maximum atomic E-state index is 12.1. The van der Waals surface area contributed by atoms with Crippen LogP contribution in [0.15, 0.2) is 23.6 Å². The van der Waals surface area contributed by atoms with Gasteiger partial charge in [0, 0.05) is 31.0 Å². The van der Waals surface area contributed by atoms with E-state index in [0.29, 0.717) is 13.2 Å². The van der Waals surface area contributed by atoms with Crippen molar-refractivity contribution in [3.8, 4) is 17.0 Å². The summed E-state index contributed by atoms with van der Waals surface area (Å²) in [6.07, 6.45) is 1.73. The second-order valence-electron chi connectivity index (χ2n) is 5.39. The maximum Gasteiger partial charge on any atom is 0.265 e. The van der Waals surface area contributed by atoms with E-state index in [1.54, 1.807) is 23.3 Å². The smallest absolute Gasteiger partial charge is 0.265 e. The fourth-order valence-electron chi connectivity index (χ4n) is 2.58. The number of thiazole rings is 1. The summed E-state index contributed by atoms with van der Waals surface area (Å²) < 4.78 is 10.6. The Labute approximate surface area is 139 Å². The molecule has 23 heavy (non-hydrogen) atoms. The number of amides is 1. The number of anilines is 1. The van der Waals surface area contributed by atoms with Crippen molar-refractivity contribution >= 4 is 22.9 Å². The Bertz CT molecular complexity index is 699. The summed E-state index contributed by atoms with van der Waals surface area (Å²) in [5.41, 5.74) is 2.77. The van der Waals surface area contributed by atoms with E-state index < -0.39 is 0 Å². The predicted octanol–water partition coefficient (Wildman–Crippen LogP) is 3.13. The molecule has 2 heterocycles. The van der Waals surface area contributed by atoms with E-state index in [4.69, 9.17) is 9.47 Å². The molecule has 1 aliphatic rings. The van der Waals surface area contributed by atoms with Gasteiger partial charge in [0.1, 0.15) is 5.75 Å². The first-order valence-electron chi connectivity index (χ1n) is 7.74. The number of methoxy groups -OCH3 is 1. The molecular formula is C17H20N2O3S. The fourth-order valence-corrected chi connectivity index (χ4v) is 3.37. The summed E-state index contributed by atoms with van der Waals surface area (Å²) in [4.78, 5) is 18.5. The summed E-state index contributed by atoms with van der Waals surface area (Å²) in [6, 6.07) is 5.92. The number of hydrogen-bond acceptors (Lipinski definition) is 5. The van der Waals surface area contributed by atoms with Crippen molar-refractivity contribution in [1.82, 2.24) is 4.98 Å². The minimum absolute atomic E-state index is 0.00978. The Kier molecular flexibility index (Phi) is 4.93. The molecule has 0 atom stereocenters. The third-order valence-electron chi connectivity index (χ3n) is 3.72. The van der Waals surface area contributed by atoms with Gasteiger partial charge in [-0.1, -0.05) is 6.92 Å². The monoisotopic (exact) mass is 332 g/mol. The number of fused-ring (bicyclic) bond motifs is 1. The van der Waals surface area contributed by atoms with Gasteiger partial charge in [0.2, 0.25) is 0 Å². The fraction of sp³-hybridized carbons (Fsp3) is 0.412. The second kappa shape index (κ2) is 7.10. The zero-order valence-electron chi connectivity index (χ0n) is 13.4. The third-order valence-corrected chi connectivity index (χ3v) is 4.63. The molecule has 0 radical (unpaired) electrons. The number of carbonyl (C=O) groups excluding carboxylic acids is 1. The Morgan fingerprint density at radius 2 is 2.30 bits per heavy atom. The van der Waals surface area contributed by atoms with E-state index in [2.05, 4.69) is 11.9 Å². The van der Waals surface area contributed by atoms with Crippen molar-refractivity contribution in [3.05, 3.63) is 28.6 Å². The lowest BCUT2D eigenvalue weighted by molar-refractivity contribution is -0.121. The number of nitrogens with zero attached hydrogens (tertiary/aromatic N) is 2. The van der Waals surface area contributed by atoms with Gasteiger partial charge in [0.25, 0.3) is 5.91 Å². The average molecular weight is 332 g/mol. The van der Waals surface area contributed by atoms with Gasteiger partial charge < -0.3 is 14.4 Å². The van der Waals surface area contributed by atoms with Gasteiger partial charge in [0.15, 0.2) is 6.61 Å². The number of benzene rings is 1. The molecule has 0 spiro atoms. The zero-order chi connectivity index (χ0) is 16.2. The number of aromatic nitrogens is 1. The van der Waals surface area contributed by atoms with Gasteiger partial charge >= 0.3 is 0 Å². The zero-order valence-corrected chi connectivity index (χ0v) is 14.2. The van der Waals surface area contributed by atoms with Crippen LogP contribution in [-0.2, 0) is 16.0 Å². The van der Waals surface area contributed by atoms with Gasteiger partial charge in [0.05, 0.1) is 23.0 Å². The van der Waals surface area contributed by atoms with Crippen LogP contribution >= 0.6 is 11.3 Å². The van der Waals surface area contributed by atoms with Crippen molar-refractivity contribution in [1.29, 1.82) is 0 Å². The molecule has 6 heteroatoms. The van der Waals surface area contributed by atoms with Crippen LogP contribution in [0.3, 0.4) is 0 Å². The van der Waals surface area contributed by atoms with Crippen molar-refractivity contribution in [2.24, 2.45) is 0 Å². The van der Waals surface area contributed by atoms with Crippen LogP contribution in [0.1, 0.15) is 18.4 Å². The number of carbonyl (C=O) groups is 1. The highest BCUT2D eigenvalue weighted by atomic mass is 32.1. The molecule has 0 aliphatic carbocycles. The molecule has 0 bridgehead atoms. The molecule has 0 saturated carbocycles. The van der Waals surface area contributed by atoms with E-state index in [9.17, 15) is 4.79 Å². The van der Waals surface area contributed by atoms with Gasteiger partial charge in [-0.05, 0) is 24.6 Å². The molecule has 1 amide bonds. The van der Waals surface area contributed by atoms with E-state index in [1.165, 1.54) is 0 Å². The van der Waals surface area contributed by atoms with Crippen LogP contribution in [0.4, 0.5) is 5.69 Å². The lowest BCUT2D eigenvalue weighted by Crippen LogP contribution is -2.39. The molecule has 0 fully saturated rings. The molecule has 1 aromatic carbocycles. The summed E-state index contributed by atoms with van der Waals surface area (Å²) in [5.74, 6) is 0.771. The maximum absolute atomic E-state index is 12.1. The van der Waals surface area contributed by atoms with Crippen LogP contribution in [0, 0.1) is 0 Å². The molecule has 1 aliphatic heterocycles. The quantitative estimate of drug-likeness (QED) is 0.815. The standard InChI is InChI=1S/C17H20N2O3S/c1-3-7-19-14-9-12(4-5-15(14)22-10-17(19)20)13-11-23-16(18-13)6-8-21-2/h4-5,9,11H,3,6-8,10H2,1-2H3. The molecule has 3 rings (SSSR count). The molecule has 0 N–H and O–H groups in total. The van der Waals surface area contributed by atoms with E-state index in [0.717, 1.165) is 40.5 Å². The Hall–Kier alpha value is -1.92. The van der Waals surface area contributed by atoms with Crippen LogP contribution < -0.4 is 9.64 Å². The van der Waals surface area contributed by atoms with Gasteiger partial charge in [-0.3, -0.25) is 4.79 Å². The normalized spacial score (nSPS) is 13.8. The van der Waals surface area contributed by atoms with Crippen LogP contribution in [0.2, 0.25) is 0 Å². The summed E-state index contributed by atoms with van der Waals surface area (Å²) in [5, 5.41) is 3.10. The van der Waals surface area contributed by atoms with Crippen molar-refractivity contribution < 1.29 is 14.3 Å². The van der Waals surface area contributed by atoms with E-state index in [-0.39, 0.29) is 12.5 Å². The highest BCUT2D eigenvalue weighted by molar-refractivity contribution is 7.09. The Morgan fingerprint density at radius 1 is 1.43 bits per heavy atom. The van der Waals surface area contributed by atoms with Crippen LogP contribution in [0.5, 0.6) is 5.75 Å². The van der Waals surface area contributed by atoms with Crippen molar-refractivity contribution in [2.75, 3.05) is 31.8 Å². The molecular weight excluding hydrogens is 312 g/mol. The summed E-state index contributed by atoms with van der Waals surface area (Å²) in [7, 11) is 1.69. The van der Waals surface area contributed by atoms with Gasteiger partial charge in [-0.25, -0.2) is 4.98 Å². The average Bonchev–Trinajstić information content (AvgIpc) is 3.04. The molecule has 2 aromatic rings. The largest absolute Gasteiger partial charge is 0.482 e. The van der Waals surface area contributed by atoms with Crippen molar-refractivity contribution in [3.63, 3.8) is 0 Å². The SMILES string of the molecule is CCCN1C(=O)COc2ccc(-c3csc(CCOC)n3)cc21. The van der Waals surface area contributed by atoms with Crippen LogP contribution in [-0.4, -0.2) is 37.8 Å². The first kappa shape index (κ1) is 16.0. The van der Waals surface area contributed by atoms with Gasteiger partial charge in [-0.2, -0.15) is 0 Å². The van der Waals surface area contributed by atoms with Gasteiger partial charge in [-0.15, -0.1) is 11.3 Å². The first-order valence-corrected chi connectivity index (χ1v) is 8.61. The highest BCUT2D eigenvalue weighted by Crippen LogP contribution is 2.36. The molecule has 0 unspecified atom stereocenters. The predicted molar refractivity (Wildman–Crippen MR) is 91.3 cm³/mol. The lowest BCUT2D eigenvalue weighted by atomic mass is 10.1. The summed E-state index contributed by atoms with van der Waals surface area (Å²) in [6.45, 7) is 3.55. The van der Waals surface area contributed by atoms with Crippen LogP contribution in [0.25, 0.3) is 11.3 Å². The third kappa shape index (κ3) is 3.38. The molecule has 5 nitrogen and oxygen atoms in total. The first-order chi connectivity index (χ1) is 11.2. The second-order valence-corrected chi connectivity index (χ2v) is 6.33. The minimum atomic E-state index is 0.00978. The number of ether oxygens (including phenoxy) is 2. The molecule has 122 valence electrons.